The van der Waals surface area contributed by atoms with E-state index in [1.165, 1.54) is 32.1 Å². The number of carbonyl (C=O) groups excluding carboxylic acids is 1. The van der Waals surface area contributed by atoms with E-state index in [4.69, 9.17) is 14.2 Å². The predicted octanol–water partition coefficient (Wildman–Crippen LogP) is 4.21. The topological polar surface area (TPSA) is 65.0 Å². The Bertz CT molecular complexity index is 649. The minimum Gasteiger partial charge on any atom is -0.462 e. The molecule has 5 heteroatoms. The normalized spacial score (nSPS) is 51.8. The number of esters is 1. The third kappa shape index (κ3) is 3.45. The van der Waals surface area contributed by atoms with Gasteiger partial charge in [0.15, 0.2) is 5.79 Å². The molecule has 5 fully saturated rings. The highest BCUT2D eigenvalue weighted by Crippen LogP contribution is 2.55. The van der Waals surface area contributed by atoms with E-state index in [1.807, 2.05) is 0 Å². The van der Waals surface area contributed by atoms with Crippen LogP contribution < -0.4 is 0 Å². The van der Waals surface area contributed by atoms with Crippen molar-refractivity contribution in [3.05, 3.63) is 0 Å². The lowest BCUT2D eigenvalue weighted by Crippen LogP contribution is -2.52. The first-order chi connectivity index (χ1) is 13.8. The second-order valence-corrected chi connectivity index (χ2v) is 11.3. The molecule has 0 amide bonds. The molecule has 0 radical (unpaired) electrons. The first-order valence-corrected chi connectivity index (χ1v) is 12.0. The molecule has 164 valence electrons. The Morgan fingerprint density at radius 2 is 2.00 bits per heavy atom. The van der Waals surface area contributed by atoms with Gasteiger partial charge in [-0.1, -0.05) is 26.7 Å². The van der Waals surface area contributed by atoms with Gasteiger partial charge in [-0.25, -0.2) is 0 Å². The van der Waals surface area contributed by atoms with Crippen molar-refractivity contribution in [2.45, 2.75) is 102 Å². The zero-order valence-corrected chi connectivity index (χ0v) is 18.2. The third-order valence-corrected chi connectivity index (χ3v) is 8.84. The highest BCUT2D eigenvalue weighted by molar-refractivity contribution is 5.77. The predicted molar refractivity (Wildman–Crippen MR) is 108 cm³/mol. The average Bonchev–Trinajstić information content (AvgIpc) is 3.09. The van der Waals surface area contributed by atoms with Crippen LogP contribution in [0.25, 0.3) is 0 Å². The maximum atomic E-state index is 13.2. The molecule has 1 heterocycles. The van der Waals surface area contributed by atoms with Crippen molar-refractivity contribution in [3.8, 4) is 0 Å². The molecular formula is C24H38O5. The molecule has 5 rings (SSSR count). The van der Waals surface area contributed by atoms with Gasteiger partial charge in [-0.05, 0) is 69.6 Å². The van der Waals surface area contributed by atoms with Gasteiger partial charge in [0.25, 0.3) is 0 Å². The summed E-state index contributed by atoms with van der Waals surface area (Å²) >= 11 is 0. The van der Waals surface area contributed by atoms with Gasteiger partial charge in [0.05, 0.1) is 17.6 Å². The van der Waals surface area contributed by atoms with E-state index in [9.17, 15) is 9.90 Å². The van der Waals surface area contributed by atoms with Crippen molar-refractivity contribution in [2.24, 2.45) is 29.1 Å². The molecule has 1 aliphatic heterocycles. The fourth-order valence-electron chi connectivity index (χ4n) is 7.92. The van der Waals surface area contributed by atoms with Gasteiger partial charge in [-0.2, -0.15) is 0 Å². The Hall–Kier alpha value is -0.650. The molecular weight excluding hydrogens is 368 g/mol. The van der Waals surface area contributed by atoms with Crippen LogP contribution in [0.1, 0.15) is 84.5 Å². The van der Waals surface area contributed by atoms with E-state index < -0.39 is 16.8 Å². The largest absolute Gasteiger partial charge is 0.462 e. The standard InChI is InChI=1S/C24H38O5/c1-16-11-22(7-4-8-23(26,12-16)15-22)21(25)27-13-20-14-28-24(29-20)17(2)9-18-5-3-6-19(24)10-18/h16-20,26H,3-15H2,1-2H3. The number of carbonyl (C=O) groups is 1. The first-order valence-electron chi connectivity index (χ1n) is 12.0. The number of rotatable bonds is 3. The third-order valence-electron chi connectivity index (χ3n) is 8.84. The van der Waals surface area contributed by atoms with Crippen LogP contribution in [0.15, 0.2) is 0 Å². The Labute approximate surface area is 174 Å². The van der Waals surface area contributed by atoms with Crippen molar-refractivity contribution in [3.63, 3.8) is 0 Å². The summed E-state index contributed by atoms with van der Waals surface area (Å²) in [6.45, 7) is 5.21. The van der Waals surface area contributed by atoms with Crippen molar-refractivity contribution < 1.29 is 24.1 Å². The monoisotopic (exact) mass is 406 g/mol. The molecule has 1 saturated heterocycles. The SMILES string of the molecule is CC1CC2(O)CCCC(C(=O)OCC3COC4(O3)C(C)CC3CCCC4C3)(C1)C2. The lowest BCUT2D eigenvalue weighted by atomic mass is 9.57. The molecule has 5 aliphatic rings. The molecule has 4 bridgehead atoms. The summed E-state index contributed by atoms with van der Waals surface area (Å²) in [5.74, 6) is 1.49. The van der Waals surface area contributed by atoms with Crippen molar-refractivity contribution >= 4 is 5.97 Å². The molecule has 0 aromatic heterocycles. The summed E-state index contributed by atoms with van der Waals surface area (Å²) in [4.78, 5) is 13.2. The van der Waals surface area contributed by atoms with Crippen LogP contribution in [0.2, 0.25) is 0 Å². The smallest absolute Gasteiger partial charge is 0.312 e. The minimum atomic E-state index is -0.680. The number of hydrogen-bond donors (Lipinski definition) is 1. The number of ether oxygens (including phenoxy) is 3. The van der Waals surface area contributed by atoms with Gasteiger partial charge in [0.2, 0.25) is 0 Å². The summed E-state index contributed by atoms with van der Waals surface area (Å²) in [5, 5.41) is 10.9. The summed E-state index contributed by atoms with van der Waals surface area (Å²) in [7, 11) is 0. The molecule has 8 atom stereocenters. The summed E-state index contributed by atoms with van der Waals surface area (Å²) < 4.78 is 18.7. The Kier molecular flexibility index (Phi) is 5.03. The van der Waals surface area contributed by atoms with Gasteiger partial charge in [-0.3, -0.25) is 4.79 Å². The van der Waals surface area contributed by atoms with Gasteiger partial charge < -0.3 is 19.3 Å². The second-order valence-electron chi connectivity index (χ2n) is 11.3. The fourth-order valence-corrected chi connectivity index (χ4v) is 7.92. The quantitative estimate of drug-likeness (QED) is 0.711. The van der Waals surface area contributed by atoms with Crippen molar-refractivity contribution in [1.82, 2.24) is 0 Å². The van der Waals surface area contributed by atoms with Crippen LogP contribution in [-0.4, -0.2) is 41.8 Å². The maximum absolute atomic E-state index is 13.2. The molecule has 1 spiro atoms. The van der Waals surface area contributed by atoms with Crippen LogP contribution in [0.3, 0.4) is 0 Å². The summed E-state index contributed by atoms with van der Waals surface area (Å²) in [6, 6.07) is 0. The van der Waals surface area contributed by atoms with Crippen molar-refractivity contribution in [2.75, 3.05) is 13.2 Å². The lowest BCUT2D eigenvalue weighted by Gasteiger charge is -2.50. The molecule has 8 unspecified atom stereocenters. The Morgan fingerprint density at radius 1 is 1.14 bits per heavy atom. The number of aliphatic hydroxyl groups is 1. The number of hydrogen-bond acceptors (Lipinski definition) is 5. The van der Waals surface area contributed by atoms with E-state index >= 15 is 0 Å². The van der Waals surface area contributed by atoms with E-state index in [1.54, 1.807) is 0 Å². The average molecular weight is 407 g/mol. The highest BCUT2D eigenvalue weighted by Gasteiger charge is 2.57. The molecule has 0 aromatic carbocycles. The van der Waals surface area contributed by atoms with E-state index in [-0.39, 0.29) is 18.7 Å². The van der Waals surface area contributed by atoms with Gasteiger partial charge in [-0.15, -0.1) is 0 Å². The van der Waals surface area contributed by atoms with Crippen LogP contribution >= 0.6 is 0 Å². The zero-order valence-electron chi connectivity index (χ0n) is 18.2. The van der Waals surface area contributed by atoms with Crippen LogP contribution in [0.5, 0.6) is 0 Å². The van der Waals surface area contributed by atoms with E-state index in [2.05, 4.69) is 13.8 Å². The first kappa shape index (κ1) is 20.3. The maximum Gasteiger partial charge on any atom is 0.312 e. The van der Waals surface area contributed by atoms with Crippen molar-refractivity contribution in [1.29, 1.82) is 0 Å². The van der Waals surface area contributed by atoms with Crippen LogP contribution in [0.4, 0.5) is 0 Å². The lowest BCUT2D eigenvalue weighted by molar-refractivity contribution is -0.265. The van der Waals surface area contributed by atoms with Gasteiger partial charge in [0.1, 0.15) is 12.7 Å². The fraction of sp³-hybridized carbons (Fsp3) is 0.958. The minimum absolute atomic E-state index is 0.124. The molecule has 5 nitrogen and oxygen atoms in total. The van der Waals surface area contributed by atoms with Crippen LogP contribution in [-0.2, 0) is 19.0 Å². The highest BCUT2D eigenvalue weighted by atomic mass is 16.8. The second kappa shape index (κ2) is 7.20. The van der Waals surface area contributed by atoms with Gasteiger partial charge in [0, 0.05) is 11.8 Å². The number of fused-ring (bicyclic) bond motifs is 5. The Morgan fingerprint density at radius 3 is 2.86 bits per heavy atom. The zero-order chi connectivity index (χ0) is 20.3. The van der Waals surface area contributed by atoms with E-state index in [0.29, 0.717) is 30.8 Å². The molecule has 1 N–H and O–H groups in total. The molecule has 0 aromatic rings. The Balaban J connectivity index is 1.22. The molecule has 4 saturated carbocycles. The molecule has 29 heavy (non-hydrogen) atoms. The molecule has 4 aliphatic carbocycles. The van der Waals surface area contributed by atoms with Crippen LogP contribution in [0, 0.1) is 29.1 Å². The van der Waals surface area contributed by atoms with Gasteiger partial charge >= 0.3 is 5.97 Å². The van der Waals surface area contributed by atoms with E-state index in [0.717, 1.165) is 38.0 Å². The summed E-state index contributed by atoms with van der Waals surface area (Å²) in [6.07, 6.45) is 10.8. The summed E-state index contributed by atoms with van der Waals surface area (Å²) in [5.41, 5.74) is -1.18.